The van der Waals surface area contributed by atoms with Gasteiger partial charge in [-0.2, -0.15) is 8.42 Å². The van der Waals surface area contributed by atoms with Crippen LogP contribution in [0.1, 0.15) is 72.3 Å². The van der Waals surface area contributed by atoms with Crippen molar-refractivity contribution >= 4 is 27.8 Å². The van der Waals surface area contributed by atoms with E-state index in [-0.39, 0.29) is 42.9 Å². The van der Waals surface area contributed by atoms with Crippen LogP contribution in [-0.2, 0) is 24.5 Å². The number of carbonyl (C=O) groups excluding carboxylic acids is 3. The normalized spacial score (nSPS) is 16.0. The van der Waals surface area contributed by atoms with E-state index in [1.165, 1.54) is 0 Å². The molecule has 0 saturated carbocycles. The molecule has 4 atom stereocenters. The van der Waals surface area contributed by atoms with Crippen molar-refractivity contribution in [1.29, 1.82) is 0 Å². The fourth-order valence-corrected chi connectivity index (χ4v) is 5.58. The van der Waals surface area contributed by atoms with Gasteiger partial charge in [-0.15, -0.1) is 0 Å². The summed E-state index contributed by atoms with van der Waals surface area (Å²) in [5.41, 5.74) is 4.81. The predicted octanol–water partition coefficient (Wildman–Crippen LogP) is 1.75. The van der Waals surface area contributed by atoms with Gasteiger partial charge in [-0.3, -0.25) is 18.9 Å². The standard InChI is InChI=1S/C27H50N6O6S/c1-7-10-30-25(35)21(3)18-27(4,19-22(24(28)34)17-23(8-2)32-13-11-29-20-32)26(36)31-12-15-33(5,6)14-9-16-40(37,38)39/h11,13,20-23H,7-10,12,14-19H2,1-6H3,(H4-,28,30,31,34,35,36,37,38,39)/p+1. The molecule has 1 aromatic heterocycles. The van der Waals surface area contributed by atoms with Gasteiger partial charge in [0.1, 0.15) is 0 Å². The molecule has 0 aromatic carbocycles. The van der Waals surface area contributed by atoms with E-state index >= 15 is 0 Å². The van der Waals surface area contributed by atoms with Gasteiger partial charge < -0.3 is 25.4 Å². The maximum Gasteiger partial charge on any atom is 0.265 e. The number of imidazole rings is 1. The molecule has 3 amide bonds. The highest BCUT2D eigenvalue weighted by atomic mass is 32.2. The fourth-order valence-electron chi connectivity index (χ4n) is 5.09. The molecule has 1 rings (SSSR count). The van der Waals surface area contributed by atoms with E-state index in [1.807, 2.05) is 38.7 Å². The molecule has 0 aliphatic heterocycles. The Bertz CT molecular complexity index is 1050. The number of likely N-dealkylation sites (N-methyl/N-ethyl adjacent to an activating group) is 1. The molecule has 5 N–H and O–H groups in total. The molecule has 0 spiro atoms. The van der Waals surface area contributed by atoms with Crippen molar-refractivity contribution in [1.82, 2.24) is 20.2 Å². The lowest BCUT2D eigenvalue weighted by Gasteiger charge is -2.35. The molecule has 40 heavy (non-hydrogen) atoms. The number of rotatable bonds is 20. The highest BCUT2D eigenvalue weighted by molar-refractivity contribution is 7.85. The summed E-state index contributed by atoms with van der Waals surface area (Å²) in [6.07, 6.45) is 7.94. The minimum atomic E-state index is -4.02. The predicted molar refractivity (Wildman–Crippen MR) is 155 cm³/mol. The van der Waals surface area contributed by atoms with E-state index < -0.39 is 33.3 Å². The van der Waals surface area contributed by atoms with Gasteiger partial charge in [-0.05, 0) is 32.1 Å². The Kier molecular flexibility index (Phi) is 14.3. The van der Waals surface area contributed by atoms with Crippen molar-refractivity contribution in [2.75, 3.05) is 46.0 Å². The van der Waals surface area contributed by atoms with Crippen LogP contribution < -0.4 is 16.4 Å². The molecule has 1 aromatic rings. The first-order valence-corrected chi connectivity index (χ1v) is 15.7. The van der Waals surface area contributed by atoms with Crippen LogP contribution in [0.4, 0.5) is 0 Å². The third kappa shape index (κ3) is 12.8. The van der Waals surface area contributed by atoms with Crippen molar-refractivity contribution < 1.29 is 31.8 Å². The van der Waals surface area contributed by atoms with Gasteiger partial charge in [0, 0.05) is 48.7 Å². The quantitative estimate of drug-likeness (QED) is 0.133. The molecule has 0 bridgehead atoms. The summed E-state index contributed by atoms with van der Waals surface area (Å²) in [5.74, 6) is -2.26. The number of nitrogens with one attached hydrogen (secondary N) is 2. The lowest BCUT2D eigenvalue weighted by Crippen LogP contribution is -2.50. The number of hydrogen-bond donors (Lipinski definition) is 4. The largest absolute Gasteiger partial charge is 0.369 e. The second-order valence-corrected chi connectivity index (χ2v) is 13.4. The first-order valence-electron chi connectivity index (χ1n) is 14.1. The SMILES string of the molecule is CCCNC(=O)C(C)CC(C)(CC(CC(CC)n1ccnc1)C(N)=O)C(=O)NCC[N+](C)(C)CCCS(=O)(=O)O. The number of hydrogen-bond acceptors (Lipinski definition) is 6. The maximum absolute atomic E-state index is 13.7. The number of aromatic nitrogens is 2. The molecule has 1 heterocycles. The van der Waals surface area contributed by atoms with E-state index in [0.29, 0.717) is 37.1 Å². The molecular formula is C27H51N6O6S+. The van der Waals surface area contributed by atoms with Crippen LogP contribution in [0.15, 0.2) is 18.7 Å². The average Bonchev–Trinajstić information content (AvgIpc) is 3.38. The summed E-state index contributed by atoms with van der Waals surface area (Å²) in [7, 11) is -0.191. The Morgan fingerprint density at radius 1 is 1.12 bits per heavy atom. The Morgan fingerprint density at radius 2 is 1.80 bits per heavy atom. The minimum absolute atomic E-state index is 0.0154. The van der Waals surface area contributed by atoms with Crippen LogP contribution in [0.5, 0.6) is 0 Å². The second-order valence-electron chi connectivity index (χ2n) is 11.8. The van der Waals surface area contributed by atoms with Gasteiger partial charge in [0.05, 0.1) is 45.8 Å². The molecule has 13 heteroatoms. The molecule has 0 aliphatic carbocycles. The number of carbonyl (C=O) groups is 3. The van der Waals surface area contributed by atoms with Crippen LogP contribution in [-0.4, -0.2) is 90.8 Å². The zero-order chi connectivity index (χ0) is 30.6. The van der Waals surface area contributed by atoms with Crippen LogP contribution in [0.2, 0.25) is 0 Å². The Labute approximate surface area is 239 Å². The molecule has 0 fully saturated rings. The van der Waals surface area contributed by atoms with Gasteiger partial charge >= 0.3 is 0 Å². The van der Waals surface area contributed by atoms with Crippen molar-refractivity contribution in [3.05, 3.63) is 18.7 Å². The topological polar surface area (TPSA) is 173 Å². The number of primary amides is 1. The molecule has 12 nitrogen and oxygen atoms in total. The van der Waals surface area contributed by atoms with Crippen LogP contribution in [0.3, 0.4) is 0 Å². The Hall–Kier alpha value is -2.51. The average molecular weight is 588 g/mol. The van der Waals surface area contributed by atoms with E-state index in [1.54, 1.807) is 26.4 Å². The fraction of sp³-hybridized carbons (Fsp3) is 0.778. The highest BCUT2D eigenvalue weighted by Gasteiger charge is 2.40. The third-order valence-electron chi connectivity index (χ3n) is 7.54. The Balaban J connectivity index is 3.05. The summed E-state index contributed by atoms with van der Waals surface area (Å²) in [5, 5.41) is 5.88. The zero-order valence-corrected chi connectivity index (χ0v) is 25.9. The molecule has 0 aliphatic rings. The third-order valence-corrected chi connectivity index (χ3v) is 8.35. The van der Waals surface area contributed by atoms with Gasteiger partial charge in [0.25, 0.3) is 10.1 Å². The molecule has 230 valence electrons. The molecule has 0 radical (unpaired) electrons. The number of amides is 3. The number of nitrogens with zero attached hydrogens (tertiary/aromatic N) is 3. The van der Waals surface area contributed by atoms with Gasteiger partial charge in [-0.1, -0.05) is 27.7 Å². The number of nitrogens with two attached hydrogens (primary N) is 1. The van der Waals surface area contributed by atoms with E-state index in [2.05, 4.69) is 15.6 Å². The van der Waals surface area contributed by atoms with Gasteiger partial charge in [0.2, 0.25) is 17.7 Å². The second kappa shape index (κ2) is 16.1. The van der Waals surface area contributed by atoms with Crippen molar-refractivity contribution in [3.8, 4) is 0 Å². The maximum atomic E-state index is 13.7. The summed E-state index contributed by atoms with van der Waals surface area (Å²) in [6, 6.07) is -0.0154. The number of quaternary nitrogens is 1. The van der Waals surface area contributed by atoms with Gasteiger partial charge in [0.15, 0.2) is 0 Å². The zero-order valence-electron chi connectivity index (χ0n) is 25.1. The first-order chi connectivity index (χ1) is 18.5. The summed E-state index contributed by atoms with van der Waals surface area (Å²) in [6.45, 7) is 9.44. The Morgan fingerprint density at radius 3 is 2.33 bits per heavy atom. The first kappa shape index (κ1) is 35.5. The highest BCUT2D eigenvalue weighted by Crippen LogP contribution is 2.37. The monoisotopic (exact) mass is 587 g/mol. The lowest BCUT2D eigenvalue weighted by molar-refractivity contribution is -0.889. The van der Waals surface area contributed by atoms with Crippen molar-refractivity contribution in [3.63, 3.8) is 0 Å². The molecule has 0 saturated heterocycles. The lowest BCUT2D eigenvalue weighted by atomic mass is 9.72. The van der Waals surface area contributed by atoms with E-state index in [9.17, 15) is 22.8 Å². The van der Waals surface area contributed by atoms with Crippen LogP contribution in [0, 0.1) is 17.3 Å². The van der Waals surface area contributed by atoms with E-state index in [0.717, 1.165) is 12.8 Å². The smallest absolute Gasteiger partial charge is 0.265 e. The van der Waals surface area contributed by atoms with Crippen molar-refractivity contribution in [2.24, 2.45) is 23.0 Å². The molecular weight excluding hydrogens is 536 g/mol. The van der Waals surface area contributed by atoms with Gasteiger partial charge in [-0.25, -0.2) is 4.98 Å². The van der Waals surface area contributed by atoms with Crippen LogP contribution in [0.25, 0.3) is 0 Å². The molecule has 4 unspecified atom stereocenters. The van der Waals surface area contributed by atoms with E-state index in [4.69, 9.17) is 10.3 Å². The summed E-state index contributed by atoms with van der Waals surface area (Å²) < 4.78 is 33.4. The minimum Gasteiger partial charge on any atom is -0.369 e. The van der Waals surface area contributed by atoms with Crippen molar-refractivity contribution in [2.45, 2.75) is 72.3 Å². The summed E-state index contributed by atoms with van der Waals surface area (Å²) in [4.78, 5) is 43.1. The summed E-state index contributed by atoms with van der Waals surface area (Å²) >= 11 is 0. The van der Waals surface area contributed by atoms with Crippen LogP contribution >= 0.6 is 0 Å².